The Bertz CT molecular complexity index is 526. The molecule has 0 bridgehead atoms. The lowest BCUT2D eigenvalue weighted by Gasteiger charge is -2.37. The van der Waals surface area contributed by atoms with E-state index in [1.54, 1.807) is 11.3 Å². The van der Waals surface area contributed by atoms with Crippen molar-refractivity contribution in [3.05, 3.63) is 34.1 Å². The topological polar surface area (TPSA) is 51.4 Å². The van der Waals surface area contributed by atoms with Gasteiger partial charge in [-0.15, -0.1) is 0 Å². The van der Waals surface area contributed by atoms with Crippen molar-refractivity contribution < 1.29 is 9.26 Å². The van der Waals surface area contributed by atoms with Gasteiger partial charge in [0.25, 0.3) is 0 Å². The fourth-order valence-electron chi connectivity index (χ4n) is 2.47. The smallest absolute Gasteiger partial charge is 0.246 e. The van der Waals surface area contributed by atoms with Crippen LogP contribution in [0.5, 0.6) is 0 Å². The summed E-state index contributed by atoms with van der Waals surface area (Å²) in [7, 11) is 0. The number of rotatable bonds is 3. The lowest BCUT2D eigenvalue weighted by Crippen LogP contribution is -2.43. The molecule has 6 heteroatoms. The Hall–Kier alpha value is -1.24. The minimum atomic E-state index is 0.0369. The van der Waals surface area contributed by atoms with Gasteiger partial charge in [0.15, 0.2) is 5.82 Å². The molecule has 0 saturated carbocycles. The first-order valence-electron chi connectivity index (χ1n) is 6.41. The monoisotopic (exact) mass is 279 g/mol. The minimum Gasteiger partial charge on any atom is -0.375 e. The number of aryl methyl sites for hydroxylation is 1. The number of aromatic nitrogens is 2. The van der Waals surface area contributed by atoms with Crippen molar-refractivity contribution >= 4 is 11.3 Å². The van der Waals surface area contributed by atoms with Gasteiger partial charge >= 0.3 is 0 Å². The molecule has 1 aliphatic rings. The van der Waals surface area contributed by atoms with E-state index >= 15 is 0 Å². The Balaban J connectivity index is 1.83. The van der Waals surface area contributed by atoms with Gasteiger partial charge in [0, 0.05) is 13.1 Å². The number of thiophene rings is 1. The van der Waals surface area contributed by atoms with Crippen LogP contribution in [-0.4, -0.2) is 34.3 Å². The average molecular weight is 279 g/mol. The van der Waals surface area contributed by atoms with Gasteiger partial charge in [0.2, 0.25) is 5.89 Å². The van der Waals surface area contributed by atoms with Gasteiger partial charge in [-0.1, -0.05) is 5.16 Å². The summed E-state index contributed by atoms with van der Waals surface area (Å²) in [4.78, 5) is 6.72. The second kappa shape index (κ2) is 5.40. The Labute approximate surface area is 116 Å². The van der Waals surface area contributed by atoms with Crippen molar-refractivity contribution in [2.45, 2.75) is 32.5 Å². The summed E-state index contributed by atoms with van der Waals surface area (Å²) in [6.07, 6.45) is 0.0623. The minimum absolute atomic E-state index is 0.0369. The van der Waals surface area contributed by atoms with E-state index in [9.17, 15) is 0 Å². The fraction of sp³-hybridized carbons (Fsp3) is 0.538. The van der Waals surface area contributed by atoms with Crippen molar-refractivity contribution in [1.29, 1.82) is 0 Å². The largest absolute Gasteiger partial charge is 0.375 e. The first kappa shape index (κ1) is 12.8. The molecule has 0 N–H and O–H groups in total. The Morgan fingerprint density at radius 3 is 3.11 bits per heavy atom. The van der Waals surface area contributed by atoms with Crippen LogP contribution in [0.2, 0.25) is 0 Å². The number of ether oxygens (including phenoxy) is 1. The fourth-order valence-corrected chi connectivity index (χ4v) is 3.13. The lowest BCUT2D eigenvalue weighted by atomic mass is 10.1. The van der Waals surface area contributed by atoms with Crippen LogP contribution >= 0.6 is 11.3 Å². The number of nitrogens with zero attached hydrogens (tertiary/aromatic N) is 3. The normalized spacial score (nSPS) is 24.7. The van der Waals surface area contributed by atoms with Crippen molar-refractivity contribution in [2.75, 3.05) is 13.2 Å². The highest BCUT2D eigenvalue weighted by Gasteiger charge is 2.34. The number of hydrogen-bond acceptors (Lipinski definition) is 6. The average Bonchev–Trinajstić information content (AvgIpc) is 3.01. The molecule has 0 amide bonds. The van der Waals surface area contributed by atoms with E-state index in [2.05, 4.69) is 38.8 Å². The summed E-state index contributed by atoms with van der Waals surface area (Å²) in [5.74, 6) is 1.32. The molecule has 0 unspecified atom stereocenters. The highest BCUT2D eigenvalue weighted by atomic mass is 32.1. The van der Waals surface area contributed by atoms with Crippen LogP contribution in [-0.2, 0) is 11.3 Å². The Kier molecular flexibility index (Phi) is 3.63. The van der Waals surface area contributed by atoms with Gasteiger partial charge in [-0.3, -0.25) is 4.90 Å². The first-order valence-corrected chi connectivity index (χ1v) is 7.35. The first-order chi connectivity index (χ1) is 9.24. The molecule has 2 aromatic rings. The van der Waals surface area contributed by atoms with Gasteiger partial charge in [0.05, 0.1) is 12.7 Å². The molecule has 2 atom stereocenters. The Morgan fingerprint density at radius 2 is 2.42 bits per heavy atom. The van der Waals surface area contributed by atoms with Crippen LogP contribution in [0.4, 0.5) is 0 Å². The molecule has 0 aliphatic carbocycles. The predicted octanol–water partition coefficient (Wildman–Crippen LogP) is 2.40. The molecule has 1 fully saturated rings. The maximum Gasteiger partial charge on any atom is 0.246 e. The van der Waals surface area contributed by atoms with E-state index in [0.717, 1.165) is 19.7 Å². The van der Waals surface area contributed by atoms with Crippen LogP contribution in [0.15, 0.2) is 21.3 Å². The molecule has 1 saturated heterocycles. The van der Waals surface area contributed by atoms with Crippen LogP contribution in [0.1, 0.15) is 30.2 Å². The summed E-state index contributed by atoms with van der Waals surface area (Å²) in [5.41, 5.74) is 1.32. The zero-order chi connectivity index (χ0) is 13.2. The number of hydrogen-bond donors (Lipinski definition) is 0. The lowest BCUT2D eigenvalue weighted by molar-refractivity contribution is -0.0762. The molecule has 0 aromatic carbocycles. The van der Waals surface area contributed by atoms with E-state index in [1.165, 1.54) is 5.56 Å². The van der Waals surface area contributed by atoms with Gasteiger partial charge in [0.1, 0.15) is 6.04 Å². The van der Waals surface area contributed by atoms with E-state index < -0.39 is 0 Å². The molecule has 0 spiro atoms. The van der Waals surface area contributed by atoms with Crippen molar-refractivity contribution in [2.24, 2.45) is 0 Å². The van der Waals surface area contributed by atoms with Crippen molar-refractivity contribution in [3.8, 4) is 0 Å². The van der Waals surface area contributed by atoms with Crippen LogP contribution in [0.3, 0.4) is 0 Å². The number of morpholine rings is 1. The Morgan fingerprint density at radius 1 is 1.53 bits per heavy atom. The molecule has 102 valence electrons. The molecule has 2 aromatic heterocycles. The van der Waals surface area contributed by atoms with E-state index in [-0.39, 0.29) is 12.1 Å². The van der Waals surface area contributed by atoms with Crippen LogP contribution < -0.4 is 0 Å². The van der Waals surface area contributed by atoms with E-state index in [1.807, 2.05) is 6.92 Å². The van der Waals surface area contributed by atoms with Gasteiger partial charge in [-0.05, 0) is 36.2 Å². The molecule has 19 heavy (non-hydrogen) atoms. The standard InChI is InChI=1S/C13H17N3O2S/c1-9-12(13-14-10(2)15-18-13)16(4-5-17-9)7-11-3-6-19-8-11/h3,6,8-9,12H,4-5,7H2,1-2H3/t9-,12+/m1/s1. The third-order valence-electron chi connectivity index (χ3n) is 3.36. The van der Waals surface area contributed by atoms with Gasteiger partial charge in [-0.2, -0.15) is 16.3 Å². The highest BCUT2D eigenvalue weighted by Crippen LogP contribution is 2.30. The molecular weight excluding hydrogens is 262 g/mol. The molecule has 0 radical (unpaired) electrons. The molecule has 3 heterocycles. The SMILES string of the molecule is Cc1noc([C@@H]2[C@@H](C)OCCN2Cc2ccsc2)n1. The summed E-state index contributed by atoms with van der Waals surface area (Å²) < 4.78 is 11.1. The summed E-state index contributed by atoms with van der Waals surface area (Å²) in [5, 5.41) is 8.17. The van der Waals surface area contributed by atoms with Gasteiger partial charge in [-0.25, -0.2) is 0 Å². The second-order valence-electron chi connectivity index (χ2n) is 4.80. The maximum absolute atomic E-state index is 5.74. The van der Waals surface area contributed by atoms with E-state index in [0.29, 0.717) is 11.7 Å². The highest BCUT2D eigenvalue weighted by molar-refractivity contribution is 7.07. The van der Waals surface area contributed by atoms with Crippen molar-refractivity contribution in [3.63, 3.8) is 0 Å². The van der Waals surface area contributed by atoms with Crippen LogP contribution in [0.25, 0.3) is 0 Å². The summed E-state index contributed by atoms with van der Waals surface area (Å²) in [6, 6.07) is 2.19. The van der Waals surface area contributed by atoms with Crippen LogP contribution in [0, 0.1) is 6.92 Å². The zero-order valence-corrected chi connectivity index (χ0v) is 11.9. The second-order valence-corrected chi connectivity index (χ2v) is 5.58. The molecule has 1 aliphatic heterocycles. The van der Waals surface area contributed by atoms with Gasteiger partial charge < -0.3 is 9.26 Å². The molecule has 5 nitrogen and oxygen atoms in total. The zero-order valence-electron chi connectivity index (χ0n) is 11.1. The molecule has 3 rings (SSSR count). The van der Waals surface area contributed by atoms with Crippen molar-refractivity contribution in [1.82, 2.24) is 15.0 Å². The quantitative estimate of drug-likeness (QED) is 0.863. The third kappa shape index (κ3) is 2.70. The summed E-state index contributed by atoms with van der Waals surface area (Å²) >= 11 is 1.72. The third-order valence-corrected chi connectivity index (χ3v) is 4.09. The molecular formula is C13H17N3O2S. The summed E-state index contributed by atoms with van der Waals surface area (Å²) in [6.45, 7) is 6.42. The van der Waals surface area contributed by atoms with E-state index in [4.69, 9.17) is 9.26 Å². The maximum atomic E-state index is 5.74. The predicted molar refractivity (Wildman–Crippen MR) is 71.9 cm³/mol.